The maximum atomic E-state index is 6.56. The van der Waals surface area contributed by atoms with Crippen molar-refractivity contribution in [2.45, 2.75) is 19.4 Å². The van der Waals surface area contributed by atoms with Gasteiger partial charge >= 0.3 is 0 Å². The van der Waals surface area contributed by atoms with Crippen molar-refractivity contribution < 1.29 is 0 Å². The molecule has 0 N–H and O–H groups in total. The van der Waals surface area contributed by atoms with Gasteiger partial charge in [-0.25, -0.2) is 6.57 Å². The van der Waals surface area contributed by atoms with Crippen molar-refractivity contribution in [2.75, 3.05) is 6.54 Å². The van der Waals surface area contributed by atoms with Crippen molar-refractivity contribution >= 4 is 0 Å². The molecular weight excluding hydrogens is 138 g/mol. The monoisotopic (exact) mass is 149 g/mol. The third-order valence-electron chi connectivity index (χ3n) is 1.47. The number of aryl methyl sites for hydroxylation is 1. The standard InChI is InChI=1S/C8H11N3/c1-9-5-2-3-7-11-8-4-6-10-11/h4,6,8H,2-3,5,7H2. The van der Waals surface area contributed by atoms with Crippen LogP contribution in [0.5, 0.6) is 0 Å². The molecule has 0 bridgehead atoms. The molecule has 0 amide bonds. The molecule has 11 heavy (non-hydrogen) atoms. The van der Waals surface area contributed by atoms with Crippen molar-refractivity contribution in [3.05, 3.63) is 29.9 Å². The Morgan fingerprint density at radius 3 is 3.00 bits per heavy atom. The fourth-order valence-electron chi connectivity index (χ4n) is 0.897. The summed E-state index contributed by atoms with van der Waals surface area (Å²) in [6.07, 6.45) is 5.74. The lowest BCUT2D eigenvalue weighted by Crippen LogP contribution is -1.98. The molecule has 0 atom stereocenters. The molecule has 0 spiro atoms. The van der Waals surface area contributed by atoms with E-state index >= 15 is 0 Å². The van der Waals surface area contributed by atoms with E-state index in [-0.39, 0.29) is 0 Å². The van der Waals surface area contributed by atoms with Gasteiger partial charge in [0.2, 0.25) is 6.54 Å². The molecule has 1 aromatic rings. The zero-order valence-corrected chi connectivity index (χ0v) is 6.40. The van der Waals surface area contributed by atoms with Crippen LogP contribution in [0.25, 0.3) is 4.85 Å². The maximum absolute atomic E-state index is 6.56. The molecule has 58 valence electrons. The normalized spacial score (nSPS) is 9.36. The van der Waals surface area contributed by atoms with E-state index in [0.717, 1.165) is 19.4 Å². The van der Waals surface area contributed by atoms with Gasteiger partial charge in [0, 0.05) is 25.4 Å². The largest absolute Gasteiger partial charge is 0.317 e. The van der Waals surface area contributed by atoms with Gasteiger partial charge < -0.3 is 4.85 Å². The Kier molecular flexibility index (Phi) is 3.20. The van der Waals surface area contributed by atoms with Crippen LogP contribution in [0.15, 0.2) is 18.5 Å². The second-order valence-electron chi connectivity index (χ2n) is 2.36. The molecule has 1 aromatic heterocycles. The van der Waals surface area contributed by atoms with Gasteiger partial charge in [-0.05, 0) is 12.5 Å². The molecule has 0 aromatic carbocycles. The molecule has 0 unspecified atom stereocenters. The SMILES string of the molecule is [C-]#[N+]CCCCn1cccn1. The van der Waals surface area contributed by atoms with Gasteiger partial charge in [-0.3, -0.25) is 4.68 Å². The predicted octanol–water partition coefficient (Wildman–Crippen LogP) is 1.58. The van der Waals surface area contributed by atoms with Crippen molar-refractivity contribution in [3.63, 3.8) is 0 Å². The van der Waals surface area contributed by atoms with Crippen molar-refractivity contribution in [1.82, 2.24) is 9.78 Å². The molecule has 0 fully saturated rings. The Morgan fingerprint density at radius 2 is 2.36 bits per heavy atom. The number of aromatic nitrogens is 2. The molecule has 0 saturated carbocycles. The average Bonchev–Trinajstić information content (AvgIpc) is 2.50. The van der Waals surface area contributed by atoms with E-state index in [1.807, 2.05) is 16.9 Å². The molecule has 0 aliphatic heterocycles. The van der Waals surface area contributed by atoms with E-state index in [0.29, 0.717) is 6.54 Å². The predicted molar refractivity (Wildman–Crippen MR) is 42.9 cm³/mol. The number of unbranched alkanes of at least 4 members (excludes halogenated alkanes) is 1. The second-order valence-corrected chi connectivity index (χ2v) is 2.36. The smallest absolute Gasteiger partial charge is 0.214 e. The summed E-state index contributed by atoms with van der Waals surface area (Å²) in [4.78, 5) is 3.27. The Hall–Kier alpha value is -1.30. The van der Waals surface area contributed by atoms with Crippen molar-refractivity contribution in [1.29, 1.82) is 0 Å². The Labute approximate surface area is 66.5 Å². The number of rotatable bonds is 4. The van der Waals surface area contributed by atoms with Crippen LogP contribution in [0, 0.1) is 6.57 Å². The van der Waals surface area contributed by atoms with Crippen LogP contribution in [0.2, 0.25) is 0 Å². The summed E-state index contributed by atoms with van der Waals surface area (Å²) in [5, 5.41) is 4.05. The molecule has 3 nitrogen and oxygen atoms in total. The quantitative estimate of drug-likeness (QED) is 0.470. The summed E-state index contributed by atoms with van der Waals surface area (Å²) in [6.45, 7) is 8.13. The Morgan fingerprint density at radius 1 is 1.45 bits per heavy atom. The van der Waals surface area contributed by atoms with Gasteiger partial charge in [-0.1, -0.05) is 0 Å². The Balaban J connectivity index is 2.10. The fraction of sp³-hybridized carbons (Fsp3) is 0.500. The van der Waals surface area contributed by atoms with Gasteiger partial charge in [0.15, 0.2) is 0 Å². The first-order valence-electron chi connectivity index (χ1n) is 3.74. The first-order chi connectivity index (χ1) is 5.43. The van der Waals surface area contributed by atoms with Crippen molar-refractivity contribution in [3.8, 4) is 0 Å². The van der Waals surface area contributed by atoms with Crippen LogP contribution in [-0.4, -0.2) is 16.3 Å². The fourth-order valence-corrected chi connectivity index (χ4v) is 0.897. The van der Waals surface area contributed by atoms with Crippen LogP contribution < -0.4 is 0 Å². The summed E-state index contributed by atoms with van der Waals surface area (Å²) in [6, 6.07) is 1.91. The molecule has 0 aliphatic rings. The molecule has 0 radical (unpaired) electrons. The van der Waals surface area contributed by atoms with Crippen LogP contribution in [-0.2, 0) is 6.54 Å². The van der Waals surface area contributed by atoms with E-state index < -0.39 is 0 Å². The number of nitrogens with zero attached hydrogens (tertiary/aromatic N) is 3. The van der Waals surface area contributed by atoms with E-state index in [2.05, 4.69) is 9.94 Å². The molecule has 1 heterocycles. The topological polar surface area (TPSA) is 22.2 Å². The highest BCUT2D eigenvalue weighted by Crippen LogP contribution is 1.93. The van der Waals surface area contributed by atoms with Crippen LogP contribution >= 0.6 is 0 Å². The number of hydrogen-bond donors (Lipinski definition) is 0. The summed E-state index contributed by atoms with van der Waals surface area (Å²) in [7, 11) is 0. The van der Waals surface area contributed by atoms with Crippen LogP contribution in [0.1, 0.15) is 12.8 Å². The molecule has 0 saturated heterocycles. The Bertz CT molecular complexity index is 220. The van der Waals surface area contributed by atoms with Gasteiger partial charge in [0.25, 0.3) is 0 Å². The molecule has 1 rings (SSSR count). The van der Waals surface area contributed by atoms with Crippen molar-refractivity contribution in [2.24, 2.45) is 0 Å². The van der Waals surface area contributed by atoms with Crippen LogP contribution in [0.3, 0.4) is 0 Å². The lowest BCUT2D eigenvalue weighted by molar-refractivity contribution is 0.568. The first kappa shape index (κ1) is 7.80. The van der Waals surface area contributed by atoms with Gasteiger partial charge in [-0.2, -0.15) is 5.10 Å². The highest BCUT2D eigenvalue weighted by atomic mass is 15.3. The van der Waals surface area contributed by atoms with Crippen LogP contribution in [0.4, 0.5) is 0 Å². The third kappa shape index (κ3) is 2.85. The van der Waals surface area contributed by atoms with E-state index in [1.165, 1.54) is 0 Å². The third-order valence-corrected chi connectivity index (χ3v) is 1.47. The van der Waals surface area contributed by atoms with E-state index in [4.69, 9.17) is 6.57 Å². The molecule has 0 aliphatic carbocycles. The minimum atomic E-state index is 0.640. The van der Waals surface area contributed by atoms with E-state index in [9.17, 15) is 0 Å². The highest BCUT2D eigenvalue weighted by molar-refractivity contribution is 4.77. The minimum absolute atomic E-state index is 0.640. The average molecular weight is 149 g/mol. The maximum Gasteiger partial charge on any atom is 0.214 e. The molecule has 3 heteroatoms. The van der Waals surface area contributed by atoms with E-state index in [1.54, 1.807) is 6.20 Å². The second kappa shape index (κ2) is 4.51. The summed E-state index contributed by atoms with van der Waals surface area (Å²) < 4.78 is 1.89. The lowest BCUT2D eigenvalue weighted by Gasteiger charge is -1.96. The summed E-state index contributed by atoms with van der Waals surface area (Å²) in [5.41, 5.74) is 0. The highest BCUT2D eigenvalue weighted by Gasteiger charge is 1.91. The molecular formula is C8H11N3. The lowest BCUT2D eigenvalue weighted by atomic mass is 10.3. The van der Waals surface area contributed by atoms with Gasteiger partial charge in [0.05, 0.1) is 0 Å². The van der Waals surface area contributed by atoms with Gasteiger partial charge in [0.1, 0.15) is 0 Å². The zero-order valence-electron chi connectivity index (χ0n) is 6.40. The minimum Gasteiger partial charge on any atom is -0.317 e. The summed E-state index contributed by atoms with van der Waals surface area (Å²) in [5.74, 6) is 0. The summed E-state index contributed by atoms with van der Waals surface area (Å²) >= 11 is 0. The van der Waals surface area contributed by atoms with Gasteiger partial charge in [-0.15, -0.1) is 0 Å². The number of hydrogen-bond acceptors (Lipinski definition) is 1. The zero-order chi connectivity index (χ0) is 7.94. The first-order valence-corrected chi connectivity index (χ1v) is 3.74.